The lowest BCUT2D eigenvalue weighted by Gasteiger charge is -2.14. The van der Waals surface area contributed by atoms with E-state index in [1.54, 1.807) is 31.1 Å². The molecule has 2 aromatic rings. The van der Waals surface area contributed by atoms with E-state index in [0.717, 1.165) is 0 Å². The van der Waals surface area contributed by atoms with E-state index < -0.39 is 5.63 Å². The van der Waals surface area contributed by atoms with Crippen molar-refractivity contribution in [2.24, 2.45) is 0 Å². The maximum absolute atomic E-state index is 11.7. The van der Waals surface area contributed by atoms with Crippen LogP contribution < -0.4 is 10.5 Å². The molecule has 0 aromatic carbocycles. The van der Waals surface area contributed by atoms with E-state index in [1.165, 1.54) is 11.3 Å². The molecule has 0 aliphatic rings. The molecule has 0 saturated carbocycles. The number of halogens is 3. The highest BCUT2D eigenvalue weighted by Crippen LogP contribution is 2.39. The summed E-state index contributed by atoms with van der Waals surface area (Å²) in [5, 5.41) is 0.0428. The maximum atomic E-state index is 11.7. The van der Waals surface area contributed by atoms with E-state index in [-0.39, 0.29) is 5.02 Å². The van der Waals surface area contributed by atoms with Crippen molar-refractivity contribution in [1.82, 2.24) is 0 Å². The maximum Gasteiger partial charge on any atom is 0.357 e. The van der Waals surface area contributed by atoms with Gasteiger partial charge >= 0.3 is 5.63 Å². The molecule has 0 N–H and O–H groups in total. The van der Waals surface area contributed by atoms with Crippen molar-refractivity contribution in [2.45, 2.75) is 0 Å². The molecule has 0 unspecified atom stereocenters. The molecule has 18 heavy (non-hydrogen) atoms. The van der Waals surface area contributed by atoms with Gasteiger partial charge in [0.05, 0.1) is 10.0 Å². The zero-order valence-electron chi connectivity index (χ0n) is 9.46. The molecule has 0 bridgehead atoms. The number of anilines is 1. The minimum absolute atomic E-state index is 0.0428. The quantitative estimate of drug-likeness (QED) is 0.821. The second-order valence-electron chi connectivity index (χ2n) is 3.73. The fourth-order valence-corrected chi connectivity index (χ4v) is 3.17. The molecule has 7 heteroatoms. The van der Waals surface area contributed by atoms with Crippen LogP contribution in [-0.4, -0.2) is 14.1 Å². The Kier molecular flexibility index (Phi) is 3.92. The molecule has 0 amide bonds. The molecule has 2 heterocycles. The van der Waals surface area contributed by atoms with Gasteiger partial charge in [-0.1, -0.05) is 34.8 Å². The van der Waals surface area contributed by atoms with E-state index in [0.29, 0.717) is 25.7 Å². The summed E-state index contributed by atoms with van der Waals surface area (Å²) in [7, 11) is 3.57. The van der Waals surface area contributed by atoms with E-state index in [9.17, 15) is 4.79 Å². The summed E-state index contributed by atoms with van der Waals surface area (Å²) in [4.78, 5) is 13.4. The predicted octanol–water partition coefficient (Wildman–Crippen LogP) is 4.39. The summed E-state index contributed by atoms with van der Waals surface area (Å²) in [6.07, 6.45) is 0. The summed E-state index contributed by atoms with van der Waals surface area (Å²) in [5.74, 6) is 0.348. The Morgan fingerprint density at radius 3 is 2.39 bits per heavy atom. The van der Waals surface area contributed by atoms with Gasteiger partial charge < -0.3 is 9.32 Å². The molecule has 96 valence electrons. The number of nitrogens with zero attached hydrogens (tertiary/aromatic N) is 1. The average molecular weight is 325 g/mol. The zero-order chi connectivity index (χ0) is 13.4. The molecule has 0 fully saturated rings. The van der Waals surface area contributed by atoms with E-state index in [1.807, 2.05) is 0 Å². The largest absolute Gasteiger partial charge is 0.421 e. The number of hydrogen-bond acceptors (Lipinski definition) is 4. The van der Waals surface area contributed by atoms with Crippen LogP contribution in [0.5, 0.6) is 0 Å². The van der Waals surface area contributed by atoms with Crippen LogP contribution in [0.3, 0.4) is 0 Å². The van der Waals surface area contributed by atoms with Gasteiger partial charge in [0.15, 0.2) is 0 Å². The Morgan fingerprint density at radius 1 is 1.22 bits per heavy atom. The molecule has 2 rings (SSSR count). The summed E-state index contributed by atoms with van der Waals surface area (Å²) in [6.45, 7) is 0. The first-order chi connectivity index (χ1) is 8.40. The van der Waals surface area contributed by atoms with Crippen LogP contribution in [-0.2, 0) is 0 Å². The van der Waals surface area contributed by atoms with Gasteiger partial charge in [-0.3, -0.25) is 0 Å². The van der Waals surface area contributed by atoms with Gasteiger partial charge in [0.1, 0.15) is 15.1 Å². The molecular weight excluding hydrogens is 317 g/mol. The molecule has 2 aromatic heterocycles. The van der Waals surface area contributed by atoms with Crippen LogP contribution in [0.2, 0.25) is 13.7 Å². The van der Waals surface area contributed by atoms with Crippen LogP contribution in [0.25, 0.3) is 11.3 Å². The summed E-state index contributed by atoms with van der Waals surface area (Å²) >= 11 is 19.0. The van der Waals surface area contributed by atoms with Gasteiger partial charge in [0.2, 0.25) is 0 Å². The molecule has 0 radical (unpaired) electrons. The second-order valence-corrected chi connectivity index (χ2v) is 6.39. The molecule has 0 aliphatic carbocycles. The highest BCUT2D eigenvalue weighted by atomic mass is 35.5. The first-order valence-electron chi connectivity index (χ1n) is 4.86. The van der Waals surface area contributed by atoms with Gasteiger partial charge in [0.25, 0.3) is 0 Å². The van der Waals surface area contributed by atoms with Crippen LogP contribution in [0, 0.1) is 0 Å². The normalized spacial score (nSPS) is 10.7. The Bertz CT molecular complexity index is 648. The first-order valence-corrected chi connectivity index (χ1v) is 6.81. The van der Waals surface area contributed by atoms with Crippen LogP contribution in [0.1, 0.15) is 0 Å². The van der Waals surface area contributed by atoms with Crippen molar-refractivity contribution in [3.63, 3.8) is 0 Å². The molecule has 0 atom stereocenters. The number of thiophene rings is 1. The molecule has 3 nitrogen and oxygen atoms in total. The molecule has 0 saturated heterocycles. The lowest BCUT2D eigenvalue weighted by Crippen LogP contribution is -2.13. The standard InChI is InChI=1S/C11H8Cl3NO2S/c1-15(2)6-4-7(17-11(16)9(6)13)5-3-8(12)18-10(5)14/h3-4H,1-2H3. The highest BCUT2D eigenvalue weighted by Gasteiger charge is 2.16. The number of rotatable bonds is 2. The van der Waals surface area contributed by atoms with Crippen LogP contribution >= 0.6 is 46.1 Å². The Hall–Kier alpha value is -0.680. The Labute approximate surface area is 122 Å². The molecule has 0 spiro atoms. The van der Waals surface area contributed by atoms with Crippen molar-refractivity contribution < 1.29 is 4.42 Å². The lowest BCUT2D eigenvalue weighted by atomic mass is 10.2. The third-order valence-electron chi connectivity index (χ3n) is 2.28. The average Bonchev–Trinajstić information content (AvgIpc) is 2.61. The van der Waals surface area contributed by atoms with E-state index in [2.05, 4.69) is 0 Å². The molecular formula is C11H8Cl3NO2S. The van der Waals surface area contributed by atoms with Crippen molar-refractivity contribution in [1.29, 1.82) is 0 Å². The minimum atomic E-state index is -0.601. The number of hydrogen-bond donors (Lipinski definition) is 0. The van der Waals surface area contributed by atoms with Gasteiger partial charge in [-0.05, 0) is 6.07 Å². The van der Waals surface area contributed by atoms with E-state index >= 15 is 0 Å². The van der Waals surface area contributed by atoms with Gasteiger partial charge in [-0.15, -0.1) is 11.3 Å². The van der Waals surface area contributed by atoms with Crippen LogP contribution in [0.15, 0.2) is 21.3 Å². The van der Waals surface area contributed by atoms with E-state index in [4.69, 9.17) is 39.2 Å². The first kappa shape index (κ1) is 13.7. The predicted molar refractivity (Wildman–Crippen MR) is 77.6 cm³/mol. The Balaban J connectivity index is 2.66. The third kappa shape index (κ3) is 2.52. The van der Waals surface area contributed by atoms with Crippen molar-refractivity contribution in [3.05, 3.63) is 36.2 Å². The summed E-state index contributed by atoms with van der Waals surface area (Å²) in [5.41, 5.74) is 0.557. The summed E-state index contributed by atoms with van der Waals surface area (Å²) < 4.78 is 6.12. The van der Waals surface area contributed by atoms with Crippen LogP contribution in [0.4, 0.5) is 5.69 Å². The van der Waals surface area contributed by atoms with Gasteiger partial charge in [-0.2, -0.15) is 0 Å². The van der Waals surface area contributed by atoms with Gasteiger partial charge in [-0.25, -0.2) is 4.79 Å². The fraction of sp³-hybridized carbons (Fsp3) is 0.182. The van der Waals surface area contributed by atoms with Crippen molar-refractivity contribution in [2.75, 3.05) is 19.0 Å². The highest BCUT2D eigenvalue weighted by molar-refractivity contribution is 7.20. The summed E-state index contributed by atoms with van der Waals surface area (Å²) in [6, 6.07) is 3.31. The third-order valence-corrected chi connectivity index (χ3v) is 4.11. The second kappa shape index (κ2) is 5.13. The Morgan fingerprint density at radius 2 is 1.89 bits per heavy atom. The smallest absolute Gasteiger partial charge is 0.357 e. The van der Waals surface area contributed by atoms with Crippen molar-refractivity contribution >= 4 is 51.8 Å². The molecule has 0 aliphatic heterocycles. The topological polar surface area (TPSA) is 33.5 Å². The SMILES string of the molecule is CN(C)c1cc(-c2cc(Cl)sc2Cl)oc(=O)c1Cl. The van der Waals surface area contributed by atoms with Gasteiger partial charge in [0, 0.05) is 25.7 Å². The lowest BCUT2D eigenvalue weighted by molar-refractivity contribution is 0.526. The fourth-order valence-electron chi connectivity index (χ4n) is 1.43. The monoisotopic (exact) mass is 323 g/mol. The minimum Gasteiger partial charge on any atom is -0.421 e. The van der Waals surface area contributed by atoms with Crippen molar-refractivity contribution in [3.8, 4) is 11.3 Å². The zero-order valence-corrected chi connectivity index (χ0v) is 12.5.